The topological polar surface area (TPSA) is 41.1 Å². The number of benzene rings is 1. The average Bonchev–Trinajstić information content (AvgIpc) is 2.31. The maximum atomic E-state index is 13.2. The molecule has 3 nitrogen and oxygen atoms in total. The summed E-state index contributed by atoms with van der Waals surface area (Å²) in [4.78, 5) is 11.1. The first-order valence-electron chi connectivity index (χ1n) is 5.95. The second kappa shape index (κ2) is 7.79. The molecule has 17 heavy (non-hydrogen) atoms. The molecule has 0 radical (unpaired) electrons. The summed E-state index contributed by atoms with van der Waals surface area (Å²) in [6.07, 6.45) is 1.10. The first kappa shape index (κ1) is 13.6. The summed E-state index contributed by atoms with van der Waals surface area (Å²) in [5, 5.41) is 5.85. The number of carbonyl (C=O) groups is 1. The molecule has 0 heterocycles. The van der Waals surface area contributed by atoms with Crippen LogP contribution in [0.1, 0.15) is 18.9 Å². The SMILES string of the molecule is CCNC(=O)CCNCCc1ccccc1F. The minimum absolute atomic E-state index is 0.0471. The molecule has 0 saturated carbocycles. The van der Waals surface area contributed by atoms with E-state index < -0.39 is 0 Å². The van der Waals surface area contributed by atoms with Crippen LogP contribution in [0.15, 0.2) is 24.3 Å². The van der Waals surface area contributed by atoms with Crippen molar-refractivity contribution in [1.82, 2.24) is 10.6 Å². The van der Waals surface area contributed by atoms with Gasteiger partial charge >= 0.3 is 0 Å². The largest absolute Gasteiger partial charge is 0.356 e. The Hall–Kier alpha value is -1.42. The fourth-order valence-electron chi connectivity index (χ4n) is 1.54. The number of rotatable bonds is 7. The highest BCUT2D eigenvalue weighted by atomic mass is 19.1. The molecule has 0 fully saturated rings. The Bertz CT molecular complexity index is 355. The normalized spacial score (nSPS) is 10.2. The second-order valence-corrected chi connectivity index (χ2v) is 3.79. The van der Waals surface area contributed by atoms with E-state index in [0.717, 1.165) is 0 Å². The van der Waals surface area contributed by atoms with E-state index in [1.807, 2.05) is 13.0 Å². The Labute approximate surface area is 101 Å². The van der Waals surface area contributed by atoms with E-state index in [-0.39, 0.29) is 11.7 Å². The molecule has 0 aliphatic heterocycles. The minimum Gasteiger partial charge on any atom is -0.356 e. The Balaban J connectivity index is 2.13. The van der Waals surface area contributed by atoms with Gasteiger partial charge < -0.3 is 10.6 Å². The van der Waals surface area contributed by atoms with Gasteiger partial charge in [0.2, 0.25) is 5.91 Å². The van der Waals surface area contributed by atoms with Crippen molar-refractivity contribution >= 4 is 5.91 Å². The third-order valence-electron chi connectivity index (χ3n) is 2.43. The third-order valence-corrected chi connectivity index (χ3v) is 2.43. The van der Waals surface area contributed by atoms with Gasteiger partial charge in [0.15, 0.2) is 0 Å². The van der Waals surface area contributed by atoms with Crippen LogP contribution in [-0.4, -0.2) is 25.5 Å². The molecule has 0 spiro atoms. The predicted octanol–water partition coefficient (Wildman–Crippen LogP) is 1.48. The molecule has 94 valence electrons. The predicted molar refractivity (Wildman–Crippen MR) is 66.3 cm³/mol. The summed E-state index contributed by atoms with van der Waals surface area (Å²) < 4.78 is 13.2. The summed E-state index contributed by atoms with van der Waals surface area (Å²) in [6.45, 7) is 3.86. The first-order chi connectivity index (χ1) is 8.24. The maximum Gasteiger partial charge on any atom is 0.221 e. The quantitative estimate of drug-likeness (QED) is 0.707. The lowest BCUT2D eigenvalue weighted by molar-refractivity contribution is -0.120. The second-order valence-electron chi connectivity index (χ2n) is 3.79. The molecule has 1 amide bonds. The summed E-state index contributed by atoms with van der Waals surface area (Å²) >= 11 is 0. The summed E-state index contributed by atoms with van der Waals surface area (Å²) in [5.41, 5.74) is 0.706. The summed E-state index contributed by atoms with van der Waals surface area (Å²) in [7, 11) is 0. The molecule has 2 N–H and O–H groups in total. The maximum absolute atomic E-state index is 13.2. The van der Waals surface area contributed by atoms with Crippen LogP contribution in [0.25, 0.3) is 0 Å². The zero-order valence-corrected chi connectivity index (χ0v) is 10.1. The zero-order valence-electron chi connectivity index (χ0n) is 10.1. The van der Waals surface area contributed by atoms with E-state index in [2.05, 4.69) is 10.6 Å². The first-order valence-corrected chi connectivity index (χ1v) is 5.95. The Morgan fingerprint density at radius 1 is 1.29 bits per heavy atom. The molecular weight excluding hydrogens is 219 g/mol. The number of nitrogens with one attached hydrogen (secondary N) is 2. The van der Waals surface area contributed by atoms with Crippen molar-refractivity contribution in [3.05, 3.63) is 35.6 Å². The number of hydrogen-bond acceptors (Lipinski definition) is 2. The lowest BCUT2D eigenvalue weighted by Gasteiger charge is -2.05. The lowest BCUT2D eigenvalue weighted by atomic mass is 10.1. The van der Waals surface area contributed by atoms with Crippen LogP contribution in [0.4, 0.5) is 4.39 Å². The van der Waals surface area contributed by atoms with Crippen LogP contribution in [-0.2, 0) is 11.2 Å². The highest BCUT2D eigenvalue weighted by molar-refractivity contribution is 5.75. The molecule has 0 bridgehead atoms. The fraction of sp³-hybridized carbons (Fsp3) is 0.462. The van der Waals surface area contributed by atoms with Crippen LogP contribution >= 0.6 is 0 Å². The van der Waals surface area contributed by atoms with E-state index in [4.69, 9.17) is 0 Å². The minimum atomic E-state index is -0.168. The van der Waals surface area contributed by atoms with Gasteiger partial charge in [-0.25, -0.2) is 4.39 Å². The van der Waals surface area contributed by atoms with Crippen molar-refractivity contribution in [1.29, 1.82) is 0 Å². The molecule has 0 unspecified atom stereocenters. The van der Waals surface area contributed by atoms with Crippen LogP contribution in [0.5, 0.6) is 0 Å². The molecule has 0 aromatic heterocycles. The van der Waals surface area contributed by atoms with Crippen molar-refractivity contribution in [3.63, 3.8) is 0 Å². The van der Waals surface area contributed by atoms with Crippen LogP contribution in [0, 0.1) is 5.82 Å². The third kappa shape index (κ3) is 5.45. The summed E-state index contributed by atoms with van der Waals surface area (Å²) in [5.74, 6) is -0.121. The van der Waals surface area contributed by atoms with Gasteiger partial charge in [-0.3, -0.25) is 4.79 Å². The molecular formula is C13H19FN2O. The molecule has 1 aromatic carbocycles. The Kier molecular flexibility index (Phi) is 6.25. The van der Waals surface area contributed by atoms with Crippen LogP contribution < -0.4 is 10.6 Å². The van der Waals surface area contributed by atoms with Gasteiger partial charge in [-0.1, -0.05) is 18.2 Å². The Morgan fingerprint density at radius 3 is 2.76 bits per heavy atom. The number of halogens is 1. The van der Waals surface area contributed by atoms with Gasteiger partial charge in [0.05, 0.1) is 0 Å². The highest BCUT2D eigenvalue weighted by Crippen LogP contribution is 2.05. The van der Waals surface area contributed by atoms with E-state index in [0.29, 0.717) is 38.0 Å². The standard InChI is InChI=1S/C13H19FN2O/c1-2-16-13(17)8-10-15-9-7-11-5-3-4-6-12(11)14/h3-6,15H,2,7-10H2,1H3,(H,16,17). The van der Waals surface area contributed by atoms with Crippen molar-refractivity contribution in [2.45, 2.75) is 19.8 Å². The van der Waals surface area contributed by atoms with Crippen LogP contribution in [0.2, 0.25) is 0 Å². The zero-order chi connectivity index (χ0) is 12.5. The molecule has 4 heteroatoms. The molecule has 1 rings (SSSR count). The van der Waals surface area contributed by atoms with Gasteiger partial charge in [0, 0.05) is 19.5 Å². The number of hydrogen-bond donors (Lipinski definition) is 2. The number of carbonyl (C=O) groups excluding carboxylic acids is 1. The monoisotopic (exact) mass is 238 g/mol. The summed E-state index contributed by atoms with van der Waals surface area (Å²) in [6, 6.07) is 6.75. The van der Waals surface area contributed by atoms with E-state index in [9.17, 15) is 9.18 Å². The van der Waals surface area contributed by atoms with Crippen molar-refractivity contribution in [2.75, 3.05) is 19.6 Å². The van der Waals surface area contributed by atoms with Crippen molar-refractivity contribution in [2.24, 2.45) is 0 Å². The smallest absolute Gasteiger partial charge is 0.221 e. The van der Waals surface area contributed by atoms with E-state index in [1.54, 1.807) is 12.1 Å². The fourth-order valence-corrected chi connectivity index (χ4v) is 1.54. The lowest BCUT2D eigenvalue weighted by Crippen LogP contribution is -2.28. The van der Waals surface area contributed by atoms with Gasteiger partial charge in [-0.2, -0.15) is 0 Å². The number of amides is 1. The van der Waals surface area contributed by atoms with Gasteiger partial charge in [0.1, 0.15) is 5.82 Å². The van der Waals surface area contributed by atoms with E-state index in [1.165, 1.54) is 6.07 Å². The molecule has 0 aliphatic rings. The average molecular weight is 238 g/mol. The molecule has 1 aromatic rings. The van der Waals surface area contributed by atoms with Crippen molar-refractivity contribution < 1.29 is 9.18 Å². The van der Waals surface area contributed by atoms with Gasteiger partial charge in [0.25, 0.3) is 0 Å². The van der Waals surface area contributed by atoms with Crippen molar-refractivity contribution in [3.8, 4) is 0 Å². The Morgan fingerprint density at radius 2 is 2.06 bits per heavy atom. The van der Waals surface area contributed by atoms with Crippen LogP contribution in [0.3, 0.4) is 0 Å². The van der Waals surface area contributed by atoms with E-state index >= 15 is 0 Å². The molecule has 0 saturated heterocycles. The van der Waals surface area contributed by atoms with Gasteiger partial charge in [-0.15, -0.1) is 0 Å². The molecule has 0 aliphatic carbocycles. The van der Waals surface area contributed by atoms with Gasteiger partial charge in [-0.05, 0) is 31.5 Å². The highest BCUT2D eigenvalue weighted by Gasteiger charge is 2.01. The molecule has 0 atom stereocenters.